The molecular formula is C18H33ClN2O. The van der Waals surface area contributed by atoms with Gasteiger partial charge in [0.2, 0.25) is 5.91 Å². The highest BCUT2D eigenvalue weighted by atomic mass is 35.5. The van der Waals surface area contributed by atoms with Gasteiger partial charge in [-0.1, -0.05) is 26.2 Å². The first kappa shape index (κ1) is 18.1. The second-order valence-corrected chi connectivity index (χ2v) is 7.74. The summed E-state index contributed by atoms with van der Waals surface area (Å²) in [7, 11) is 0. The van der Waals surface area contributed by atoms with Crippen LogP contribution in [0, 0.1) is 17.3 Å². The molecule has 2 aliphatic carbocycles. The van der Waals surface area contributed by atoms with Gasteiger partial charge in [0, 0.05) is 12.0 Å². The molecule has 1 heterocycles. The van der Waals surface area contributed by atoms with Gasteiger partial charge in [0.05, 0.1) is 0 Å². The first-order valence-corrected chi connectivity index (χ1v) is 9.24. The molecule has 0 aromatic carbocycles. The Morgan fingerprint density at radius 3 is 2.50 bits per heavy atom. The molecule has 3 rings (SSSR count). The summed E-state index contributed by atoms with van der Waals surface area (Å²) in [6, 6.07) is 0.467. The van der Waals surface area contributed by atoms with Gasteiger partial charge in [-0.2, -0.15) is 0 Å². The molecule has 0 radical (unpaired) electrons. The molecule has 3 aliphatic rings. The second kappa shape index (κ2) is 8.01. The van der Waals surface area contributed by atoms with Crippen LogP contribution in [0.15, 0.2) is 0 Å². The van der Waals surface area contributed by atoms with Gasteiger partial charge >= 0.3 is 0 Å². The van der Waals surface area contributed by atoms with Crippen molar-refractivity contribution < 1.29 is 4.79 Å². The molecule has 3 nitrogen and oxygen atoms in total. The summed E-state index contributed by atoms with van der Waals surface area (Å²) in [4.78, 5) is 12.5. The molecule has 1 unspecified atom stereocenters. The van der Waals surface area contributed by atoms with E-state index in [1.807, 2.05) is 0 Å². The first-order chi connectivity index (χ1) is 10.2. The Hall–Kier alpha value is -0.280. The molecule has 2 N–H and O–H groups in total. The van der Waals surface area contributed by atoms with Crippen LogP contribution in [-0.4, -0.2) is 25.0 Å². The number of hydrogen-bond donors (Lipinski definition) is 2. The number of hydrogen-bond acceptors (Lipinski definition) is 2. The number of rotatable bonds is 5. The molecule has 1 aliphatic heterocycles. The third-order valence-corrected chi connectivity index (χ3v) is 6.26. The highest BCUT2D eigenvalue weighted by Gasteiger charge is 2.57. The van der Waals surface area contributed by atoms with Gasteiger partial charge in [-0.25, -0.2) is 0 Å². The van der Waals surface area contributed by atoms with Crippen LogP contribution in [0.4, 0.5) is 0 Å². The molecule has 0 bridgehead atoms. The zero-order valence-corrected chi connectivity index (χ0v) is 14.9. The van der Waals surface area contributed by atoms with E-state index < -0.39 is 0 Å². The van der Waals surface area contributed by atoms with Crippen LogP contribution in [0.25, 0.3) is 0 Å². The van der Waals surface area contributed by atoms with Crippen LogP contribution < -0.4 is 10.6 Å². The van der Waals surface area contributed by atoms with E-state index >= 15 is 0 Å². The summed E-state index contributed by atoms with van der Waals surface area (Å²) < 4.78 is 0. The largest absolute Gasteiger partial charge is 0.353 e. The third-order valence-electron chi connectivity index (χ3n) is 6.26. The van der Waals surface area contributed by atoms with Crippen LogP contribution in [0.3, 0.4) is 0 Å². The van der Waals surface area contributed by atoms with Gasteiger partial charge in [-0.15, -0.1) is 12.4 Å². The quantitative estimate of drug-likeness (QED) is 0.808. The summed E-state index contributed by atoms with van der Waals surface area (Å²) in [6.07, 6.45) is 12.7. The van der Waals surface area contributed by atoms with Gasteiger partial charge in [0.1, 0.15) is 0 Å². The van der Waals surface area contributed by atoms with E-state index in [9.17, 15) is 4.79 Å². The second-order valence-electron chi connectivity index (χ2n) is 7.74. The molecule has 1 saturated heterocycles. The minimum Gasteiger partial charge on any atom is -0.353 e. The number of halogens is 1. The highest BCUT2D eigenvalue weighted by molar-refractivity contribution is 5.85. The fourth-order valence-electron chi connectivity index (χ4n) is 4.59. The van der Waals surface area contributed by atoms with Gasteiger partial charge in [-0.05, 0) is 69.4 Å². The molecule has 3 fully saturated rings. The van der Waals surface area contributed by atoms with Crippen molar-refractivity contribution in [1.29, 1.82) is 0 Å². The predicted molar refractivity (Wildman–Crippen MR) is 93.3 cm³/mol. The Bertz CT molecular complexity index is 360. The maximum atomic E-state index is 12.5. The Kier molecular flexibility index (Phi) is 6.58. The van der Waals surface area contributed by atoms with E-state index in [0.29, 0.717) is 23.3 Å². The normalized spacial score (nSPS) is 33.0. The van der Waals surface area contributed by atoms with E-state index in [1.165, 1.54) is 57.8 Å². The fourth-order valence-corrected chi connectivity index (χ4v) is 4.59. The van der Waals surface area contributed by atoms with Crippen molar-refractivity contribution >= 4 is 18.3 Å². The van der Waals surface area contributed by atoms with Crippen molar-refractivity contribution in [2.75, 3.05) is 13.1 Å². The minimum atomic E-state index is 0. The summed E-state index contributed by atoms with van der Waals surface area (Å²) >= 11 is 0. The molecule has 1 spiro atoms. The molecular weight excluding hydrogens is 296 g/mol. The molecule has 1 atom stereocenters. The summed E-state index contributed by atoms with van der Waals surface area (Å²) in [5, 5.41) is 6.78. The number of carbonyl (C=O) groups excluding carboxylic acids is 1. The number of nitrogens with one attached hydrogen (secondary N) is 2. The maximum Gasteiger partial charge on any atom is 0.223 e. The van der Waals surface area contributed by atoms with E-state index in [-0.39, 0.29) is 12.4 Å². The monoisotopic (exact) mass is 328 g/mol. The highest BCUT2D eigenvalue weighted by Crippen LogP contribution is 2.58. The lowest BCUT2D eigenvalue weighted by Crippen LogP contribution is -2.40. The van der Waals surface area contributed by atoms with E-state index in [2.05, 4.69) is 17.6 Å². The Morgan fingerprint density at radius 2 is 1.86 bits per heavy atom. The van der Waals surface area contributed by atoms with Crippen LogP contribution in [0.1, 0.15) is 71.1 Å². The van der Waals surface area contributed by atoms with Gasteiger partial charge < -0.3 is 10.6 Å². The Balaban J connectivity index is 0.00000176. The molecule has 2 saturated carbocycles. The number of carbonyl (C=O) groups is 1. The molecule has 128 valence electrons. The zero-order valence-electron chi connectivity index (χ0n) is 14.0. The van der Waals surface area contributed by atoms with Gasteiger partial charge in [-0.3, -0.25) is 4.79 Å². The van der Waals surface area contributed by atoms with Crippen LogP contribution >= 0.6 is 12.4 Å². The third kappa shape index (κ3) is 4.17. The van der Waals surface area contributed by atoms with Crippen molar-refractivity contribution in [3.05, 3.63) is 0 Å². The lowest BCUT2D eigenvalue weighted by Gasteiger charge is -2.30. The molecule has 0 aromatic rings. The maximum absolute atomic E-state index is 12.5. The van der Waals surface area contributed by atoms with Crippen molar-refractivity contribution in [3.8, 4) is 0 Å². The lowest BCUT2D eigenvalue weighted by atomic mass is 9.83. The number of amides is 1. The van der Waals surface area contributed by atoms with Crippen molar-refractivity contribution in [3.63, 3.8) is 0 Å². The van der Waals surface area contributed by atoms with Gasteiger partial charge in [0.15, 0.2) is 0 Å². The summed E-state index contributed by atoms with van der Waals surface area (Å²) in [5.74, 6) is 1.63. The number of unbranched alkanes of at least 4 members (excludes halogenated alkanes) is 1. The smallest absolute Gasteiger partial charge is 0.223 e. The Morgan fingerprint density at radius 1 is 1.18 bits per heavy atom. The average Bonchev–Trinajstić information content (AvgIpc) is 3.21. The summed E-state index contributed by atoms with van der Waals surface area (Å²) in [6.45, 7) is 4.48. The van der Waals surface area contributed by atoms with Crippen LogP contribution in [0.2, 0.25) is 0 Å². The van der Waals surface area contributed by atoms with E-state index in [1.54, 1.807) is 0 Å². The van der Waals surface area contributed by atoms with Crippen molar-refractivity contribution in [1.82, 2.24) is 10.6 Å². The van der Waals surface area contributed by atoms with Crippen molar-refractivity contribution in [2.45, 2.75) is 77.2 Å². The van der Waals surface area contributed by atoms with Crippen molar-refractivity contribution in [2.24, 2.45) is 17.3 Å². The lowest BCUT2D eigenvalue weighted by molar-refractivity contribution is -0.124. The van der Waals surface area contributed by atoms with E-state index in [4.69, 9.17) is 0 Å². The number of piperidine rings is 1. The molecule has 0 aromatic heterocycles. The van der Waals surface area contributed by atoms with Gasteiger partial charge in [0.25, 0.3) is 0 Å². The summed E-state index contributed by atoms with van der Waals surface area (Å²) in [5.41, 5.74) is 0.383. The molecule has 4 heteroatoms. The molecule has 1 amide bonds. The predicted octanol–water partition coefficient (Wildman–Crippen LogP) is 3.66. The van der Waals surface area contributed by atoms with E-state index in [0.717, 1.165) is 25.4 Å². The SMILES string of the molecule is CCCCC1CCC(NC(=O)C2CC23CCNCC3)CC1.Cl. The van der Waals surface area contributed by atoms with Crippen LogP contribution in [-0.2, 0) is 4.79 Å². The minimum absolute atomic E-state index is 0. The zero-order chi connectivity index (χ0) is 14.7. The fraction of sp³-hybridized carbons (Fsp3) is 0.944. The van der Waals surface area contributed by atoms with Crippen LogP contribution in [0.5, 0.6) is 0 Å². The molecule has 22 heavy (non-hydrogen) atoms. The topological polar surface area (TPSA) is 41.1 Å². The first-order valence-electron chi connectivity index (χ1n) is 9.24. The average molecular weight is 329 g/mol. The Labute approximate surface area is 141 Å². The standard InChI is InChI=1S/C18H32N2O.ClH/c1-2-3-4-14-5-7-15(8-6-14)20-17(21)16-13-18(16)9-11-19-12-10-18;/h14-16,19H,2-13H2,1H3,(H,20,21);1H.